The minimum absolute atomic E-state index is 0.168. The molecule has 3 nitrogen and oxygen atoms in total. The third-order valence-corrected chi connectivity index (χ3v) is 4.46. The lowest BCUT2D eigenvalue weighted by molar-refractivity contribution is 0.339. The molecular weight excluding hydrogens is 234 g/mol. The lowest BCUT2D eigenvalue weighted by atomic mass is 9.98. The van der Waals surface area contributed by atoms with Gasteiger partial charge in [0.2, 0.25) is 0 Å². The van der Waals surface area contributed by atoms with Crippen LogP contribution in [-0.2, 0) is 13.1 Å². The van der Waals surface area contributed by atoms with Crippen molar-refractivity contribution in [3.05, 3.63) is 18.2 Å². The molecule has 0 amide bonds. The second kappa shape index (κ2) is 4.93. The van der Waals surface area contributed by atoms with Crippen LogP contribution in [0.4, 0.5) is 0 Å². The Hall–Kier alpha value is -0.830. The first-order valence-corrected chi connectivity index (χ1v) is 7.77. The highest BCUT2D eigenvalue weighted by atomic mass is 15.1. The van der Waals surface area contributed by atoms with Crippen LogP contribution in [0.25, 0.3) is 0 Å². The van der Waals surface area contributed by atoms with Gasteiger partial charge < -0.3 is 9.88 Å². The van der Waals surface area contributed by atoms with Gasteiger partial charge in [-0.1, -0.05) is 0 Å². The fraction of sp³-hybridized carbons (Fsp3) is 0.812. The van der Waals surface area contributed by atoms with E-state index in [9.17, 15) is 0 Å². The molecule has 3 heteroatoms. The van der Waals surface area contributed by atoms with Crippen molar-refractivity contribution >= 4 is 0 Å². The summed E-state index contributed by atoms with van der Waals surface area (Å²) in [5.74, 6) is 2.94. The zero-order valence-electron chi connectivity index (χ0n) is 12.5. The summed E-state index contributed by atoms with van der Waals surface area (Å²) in [6.07, 6.45) is 9.90. The van der Waals surface area contributed by atoms with E-state index in [1.54, 1.807) is 0 Å². The molecule has 0 unspecified atom stereocenters. The van der Waals surface area contributed by atoms with Crippen molar-refractivity contribution in [1.29, 1.82) is 0 Å². The Morgan fingerprint density at radius 3 is 2.42 bits per heavy atom. The molecule has 2 fully saturated rings. The molecule has 0 aromatic carbocycles. The van der Waals surface area contributed by atoms with Gasteiger partial charge in [-0.2, -0.15) is 0 Å². The van der Waals surface area contributed by atoms with E-state index >= 15 is 0 Å². The third-order valence-electron chi connectivity index (χ3n) is 4.46. The highest BCUT2D eigenvalue weighted by Gasteiger charge is 2.41. The summed E-state index contributed by atoms with van der Waals surface area (Å²) < 4.78 is 2.39. The lowest BCUT2D eigenvalue weighted by Crippen LogP contribution is -2.35. The molecule has 1 aromatic heterocycles. The van der Waals surface area contributed by atoms with Crippen LogP contribution in [0.15, 0.2) is 12.5 Å². The van der Waals surface area contributed by atoms with Gasteiger partial charge in [0.15, 0.2) is 0 Å². The molecular formula is C16H27N3. The quantitative estimate of drug-likeness (QED) is 0.852. The molecule has 1 aromatic rings. The third kappa shape index (κ3) is 3.59. The smallest absolute Gasteiger partial charge is 0.0948 e. The van der Waals surface area contributed by atoms with E-state index < -0.39 is 0 Å². The molecule has 2 aliphatic rings. The van der Waals surface area contributed by atoms with E-state index in [1.165, 1.54) is 37.9 Å². The fourth-order valence-corrected chi connectivity index (χ4v) is 2.97. The van der Waals surface area contributed by atoms with Crippen molar-refractivity contribution in [1.82, 2.24) is 14.9 Å². The van der Waals surface area contributed by atoms with Crippen LogP contribution < -0.4 is 5.32 Å². The minimum Gasteiger partial charge on any atom is -0.333 e. The maximum Gasteiger partial charge on any atom is 0.0948 e. The second-order valence-corrected chi connectivity index (χ2v) is 7.48. The van der Waals surface area contributed by atoms with E-state index in [0.29, 0.717) is 0 Å². The van der Waals surface area contributed by atoms with Gasteiger partial charge in [0.1, 0.15) is 0 Å². The van der Waals surface area contributed by atoms with Gasteiger partial charge in [0.05, 0.1) is 12.0 Å². The molecule has 1 N–H and O–H groups in total. The number of hydrogen-bond acceptors (Lipinski definition) is 2. The zero-order valence-corrected chi connectivity index (χ0v) is 12.5. The molecule has 0 aliphatic heterocycles. The molecule has 0 bridgehead atoms. The Bertz CT molecular complexity index is 409. The van der Waals surface area contributed by atoms with E-state index in [4.69, 9.17) is 0 Å². The number of aromatic nitrogens is 2. The highest BCUT2D eigenvalue weighted by molar-refractivity contribution is 5.01. The lowest BCUT2D eigenvalue weighted by Gasteiger charge is -2.22. The van der Waals surface area contributed by atoms with Gasteiger partial charge in [-0.25, -0.2) is 4.98 Å². The van der Waals surface area contributed by atoms with E-state index in [2.05, 4.69) is 35.6 Å². The van der Waals surface area contributed by atoms with Crippen LogP contribution in [0.2, 0.25) is 0 Å². The molecule has 1 heterocycles. The van der Waals surface area contributed by atoms with E-state index in [0.717, 1.165) is 24.3 Å². The molecule has 0 radical (unpaired) electrons. The van der Waals surface area contributed by atoms with Crippen LogP contribution >= 0.6 is 0 Å². The number of nitrogens with one attached hydrogen (secondary N) is 1. The second-order valence-electron chi connectivity index (χ2n) is 7.48. The summed E-state index contributed by atoms with van der Waals surface area (Å²) in [5.41, 5.74) is 1.50. The molecule has 2 saturated carbocycles. The van der Waals surface area contributed by atoms with Gasteiger partial charge in [0.25, 0.3) is 0 Å². The maximum atomic E-state index is 4.36. The summed E-state index contributed by atoms with van der Waals surface area (Å²) in [4.78, 5) is 4.36. The summed E-state index contributed by atoms with van der Waals surface area (Å²) in [7, 11) is 0. The Kier molecular flexibility index (Phi) is 3.42. The van der Waals surface area contributed by atoms with Gasteiger partial charge in [0, 0.05) is 24.8 Å². The molecule has 0 spiro atoms. The van der Waals surface area contributed by atoms with Gasteiger partial charge in [-0.3, -0.25) is 0 Å². The van der Waals surface area contributed by atoms with Crippen LogP contribution in [0, 0.1) is 17.8 Å². The Labute approximate surface area is 116 Å². The fourth-order valence-electron chi connectivity index (χ4n) is 2.97. The van der Waals surface area contributed by atoms with Crippen molar-refractivity contribution in [2.75, 3.05) is 0 Å². The van der Waals surface area contributed by atoms with Gasteiger partial charge in [-0.15, -0.1) is 0 Å². The molecule has 0 atom stereocenters. The predicted molar refractivity (Wildman–Crippen MR) is 77.8 cm³/mol. The number of rotatable bonds is 6. The summed E-state index contributed by atoms with van der Waals surface area (Å²) in [6, 6.07) is 0. The van der Waals surface area contributed by atoms with Crippen LogP contribution in [-0.4, -0.2) is 15.1 Å². The molecule has 0 saturated heterocycles. The Balaban J connectivity index is 1.62. The molecule has 2 aliphatic carbocycles. The largest absolute Gasteiger partial charge is 0.333 e. The highest BCUT2D eigenvalue weighted by Crippen LogP contribution is 2.49. The zero-order chi connectivity index (χ0) is 13.5. The van der Waals surface area contributed by atoms with Crippen molar-refractivity contribution in [3.8, 4) is 0 Å². The average molecular weight is 261 g/mol. The van der Waals surface area contributed by atoms with Gasteiger partial charge in [-0.05, 0) is 64.2 Å². The SMILES string of the molecule is CC(C)(C)NCc1cncn1CC(C1CC1)C1CC1. The molecule has 106 valence electrons. The summed E-state index contributed by atoms with van der Waals surface area (Å²) >= 11 is 0. The Morgan fingerprint density at radius 1 is 1.26 bits per heavy atom. The number of hydrogen-bond donors (Lipinski definition) is 1. The molecule has 3 rings (SSSR count). The van der Waals surface area contributed by atoms with Crippen molar-refractivity contribution < 1.29 is 0 Å². The number of nitrogens with zero attached hydrogens (tertiary/aromatic N) is 2. The van der Waals surface area contributed by atoms with Crippen molar-refractivity contribution in [2.24, 2.45) is 17.8 Å². The minimum atomic E-state index is 0.168. The van der Waals surface area contributed by atoms with Crippen LogP contribution in [0.1, 0.15) is 52.1 Å². The van der Waals surface area contributed by atoms with E-state index in [-0.39, 0.29) is 5.54 Å². The number of imidazole rings is 1. The van der Waals surface area contributed by atoms with E-state index in [1.807, 2.05) is 12.5 Å². The predicted octanol–water partition coefficient (Wildman–Crippen LogP) is 3.21. The average Bonchev–Trinajstić information content (AvgIpc) is 3.22. The normalized spacial score (nSPS) is 20.2. The van der Waals surface area contributed by atoms with Crippen molar-refractivity contribution in [2.45, 2.75) is 65.1 Å². The summed E-state index contributed by atoms with van der Waals surface area (Å²) in [5, 5.41) is 3.57. The molecule has 19 heavy (non-hydrogen) atoms. The maximum absolute atomic E-state index is 4.36. The first-order valence-electron chi connectivity index (χ1n) is 7.77. The standard InChI is InChI=1S/C16H27N3/c1-16(2,3)18-9-14-8-17-11-19(14)10-15(12-4-5-12)13-6-7-13/h8,11-13,15,18H,4-7,9-10H2,1-3H3. The first-order chi connectivity index (χ1) is 9.03. The van der Waals surface area contributed by atoms with Crippen LogP contribution in [0.5, 0.6) is 0 Å². The Morgan fingerprint density at radius 2 is 1.89 bits per heavy atom. The monoisotopic (exact) mass is 261 g/mol. The topological polar surface area (TPSA) is 29.9 Å². The summed E-state index contributed by atoms with van der Waals surface area (Å²) in [6.45, 7) is 8.75. The van der Waals surface area contributed by atoms with Crippen LogP contribution in [0.3, 0.4) is 0 Å². The van der Waals surface area contributed by atoms with Gasteiger partial charge >= 0.3 is 0 Å². The first kappa shape index (κ1) is 13.2. The van der Waals surface area contributed by atoms with Crippen molar-refractivity contribution in [3.63, 3.8) is 0 Å².